The lowest BCUT2D eigenvalue weighted by Crippen LogP contribution is -2.52. The first-order chi connectivity index (χ1) is 15.4. The lowest BCUT2D eigenvalue weighted by molar-refractivity contribution is -0.147. The van der Waals surface area contributed by atoms with Gasteiger partial charge in [0.15, 0.2) is 0 Å². The van der Waals surface area contributed by atoms with Gasteiger partial charge < -0.3 is 14.4 Å². The van der Waals surface area contributed by atoms with E-state index >= 15 is 0 Å². The minimum absolute atomic E-state index is 0.0155. The van der Waals surface area contributed by atoms with Gasteiger partial charge in [-0.05, 0) is 68.1 Å². The number of rotatable bonds is 3. The van der Waals surface area contributed by atoms with Gasteiger partial charge >= 0.3 is 5.97 Å². The zero-order chi connectivity index (χ0) is 22.1. The smallest absolute Gasteiger partial charge is 0.310 e. The summed E-state index contributed by atoms with van der Waals surface area (Å²) in [7, 11) is 0. The summed E-state index contributed by atoms with van der Waals surface area (Å²) in [6.07, 6.45) is 5.93. The molecule has 0 aromatic heterocycles. The fourth-order valence-corrected chi connectivity index (χ4v) is 7.70. The number of fused-ring (bicyclic) bond motifs is 3. The van der Waals surface area contributed by atoms with Gasteiger partial charge in [0.2, 0.25) is 0 Å². The van der Waals surface area contributed by atoms with Gasteiger partial charge in [-0.1, -0.05) is 24.6 Å². The number of esters is 1. The number of carbonyl (C=O) groups is 1. The number of piperazine rings is 1. The van der Waals surface area contributed by atoms with Crippen molar-refractivity contribution in [3.05, 3.63) is 28.8 Å². The van der Waals surface area contributed by atoms with Crippen molar-refractivity contribution in [3.8, 4) is 0 Å². The average molecular weight is 459 g/mol. The number of nitrogens with zero attached hydrogens (tertiary/aromatic N) is 2. The zero-order valence-corrected chi connectivity index (χ0v) is 20.1. The molecule has 1 spiro atoms. The Balaban J connectivity index is 1.12. The predicted molar refractivity (Wildman–Crippen MR) is 125 cm³/mol. The third kappa shape index (κ3) is 3.47. The molecule has 2 aliphatic carbocycles. The molecule has 5 aliphatic rings. The molecule has 0 amide bonds. The first-order valence-electron chi connectivity index (χ1n) is 12.4. The lowest BCUT2D eigenvalue weighted by atomic mass is 9.53. The van der Waals surface area contributed by atoms with E-state index < -0.39 is 0 Å². The Morgan fingerprint density at radius 1 is 1.19 bits per heavy atom. The standard InChI is InChI=1S/C26H35ClN2O3/c1-17-4-5-18(27)12-21(17)29-10-8-28(9-11-29)15-20-19-13-23-25(2,14-22(19)32-24(20)30)6-3-7-26(23)16-31-26/h4-5,12,19-20,22-23H,3,6-11,13-16H2,1-2H3/t19-,20-,22-,23+,25-,26+/m1/s1. The summed E-state index contributed by atoms with van der Waals surface area (Å²) in [4.78, 5) is 17.9. The summed E-state index contributed by atoms with van der Waals surface area (Å²) in [5.74, 6) is 1.00. The largest absolute Gasteiger partial charge is 0.462 e. The number of carbonyl (C=O) groups excluding carboxylic acids is 1. The molecule has 6 rings (SSSR count). The number of hydrogen-bond acceptors (Lipinski definition) is 5. The van der Waals surface area contributed by atoms with E-state index in [1.165, 1.54) is 30.5 Å². The fraction of sp³-hybridized carbons (Fsp3) is 0.731. The van der Waals surface area contributed by atoms with Gasteiger partial charge in [-0.2, -0.15) is 0 Å². The highest BCUT2D eigenvalue weighted by Crippen LogP contribution is 2.62. The molecule has 0 radical (unpaired) electrons. The Morgan fingerprint density at radius 3 is 2.72 bits per heavy atom. The van der Waals surface area contributed by atoms with E-state index in [0.29, 0.717) is 11.8 Å². The third-order valence-electron chi connectivity index (χ3n) is 9.42. The molecule has 2 saturated carbocycles. The van der Waals surface area contributed by atoms with E-state index in [4.69, 9.17) is 21.1 Å². The maximum absolute atomic E-state index is 13.0. The Labute approximate surface area is 196 Å². The second kappa shape index (κ2) is 7.61. The molecule has 0 bridgehead atoms. The van der Waals surface area contributed by atoms with Gasteiger partial charge in [0.05, 0.1) is 18.1 Å². The average Bonchev–Trinajstić information content (AvgIpc) is 3.47. The minimum atomic E-state index is 0.0155. The molecule has 3 heterocycles. The third-order valence-corrected chi connectivity index (χ3v) is 9.65. The molecule has 5 nitrogen and oxygen atoms in total. The van der Waals surface area contributed by atoms with E-state index in [1.54, 1.807) is 0 Å². The first-order valence-corrected chi connectivity index (χ1v) is 12.8. The molecule has 3 saturated heterocycles. The summed E-state index contributed by atoms with van der Waals surface area (Å²) in [6, 6.07) is 6.12. The van der Waals surface area contributed by atoms with Crippen LogP contribution in [0.2, 0.25) is 5.02 Å². The van der Waals surface area contributed by atoms with Crippen LogP contribution in [0.5, 0.6) is 0 Å². The molecular formula is C26H35ClN2O3. The van der Waals surface area contributed by atoms with Gasteiger partial charge in [0, 0.05) is 49.4 Å². The molecule has 6 atom stereocenters. The number of halogens is 1. The van der Waals surface area contributed by atoms with Gasteiger partial charge in [0.1, 0.15) is 6.10 Å². The highest BCUT2D eigenvalue weighted by atomic mass is 35.5. The summed E-state index contributed by atoms with van der Waals surface area (Å²) in [5.41, 5.74) is 2.88. The number of anilines is 1. The second-order valence-electron chi connectivity index (χ2n) is 11.3. The van der Waals surface area contributed by atoms with Crippen molar-refractivity contribution in [1.29, 1.82) is 0 Å². The van der Waals surface area contributed by atoms with Crippen molar-refractivity contribution < 1.29 is 14.3 Å². The van der Waals surface area contributed by atoms with Crippen LogP contribution in [0.4, 0.5) is 5.69 Å². The number of hydrogen-bond donors (Lipinski definition) is 0. The highest BCUT2D eigenvalue weighted by Gasteiger charge is 2.65. The van der Waals surface area contributed by atoms with Crippen molar-refractivity contribution in [2.24, 2.45) is 23.2 Å². The van der Waals surface area contributed by atoms with E-state index in [-0.39, 0.29) is 29.0 Å². The molecule has 174 valence electrons. The molecule has 6 heteroatoms. The molecule has 1 aromatic rings. The summed E-state index contributed by atoms with van der Waals surface area (Å²) in [5, 5.41) is 0.789. The molecule has 3 aliphatic heterocycles. The molecule has 0 unspecified atom stereocenters. The van der Waals surface area contributed by atoms with Crippen LogP contribution in [0.3, 0.4) is 0 Å². The van der Waals surface area contributed by atoms with Crippen molar-refractivity contribution in [2.75, 3.05) is 44.2 Å². The Morgan fingerprint density at radius 2 is 1.97 bits per heavy atom. The van der Waals surface area contributed by atoms with Crippen LogP contribution < -0.4 is 4.90 Å². The van der Waals surface area contributed by atoms with Crippen LogP contribution in [0.1, 0.15) is 44.6 Å². The number of benzene rings is 1. The van der Waals surface area contributed by atoms with Gasteiger partial charge in [0.25, 0.3) is 0 Å². The topological polar surface area (TPSA) is 45.3 Å². The molecular weight excluding hydrogens is 424 g/mol. The van der Waals surface area contributed by atoms with E-state index in [9.17, 15) is 4.79 Å². The van der Waals surface area contributed by atoms with Crippen molar-refractivity contribution in [2.45, 2.75) is 57.7 Å². The number of aryl methyl sites for hydroxylation is 1. The monoisotopic (exact) mass is 458 g/mol. The first kappa shape index (κ1) is 21.2. The second-order valence-corrected chi connectivity index (χ2v) is 11.8. The van der Waals surface area contributed by atoms with Crippen LogP contribution in [0, 0.1) is 30.1 Å². The van der Waals surface area contributed by atoms with Crippen LogP contribution in [0.25, 0.3) is 0 Å². The SMILES string of the molecule is Cc1ccc(Cl)cc1N1CCN(C[C@H]2C(=O)O[C@@H]3C[C@@]4(C)CCC[C@]5(CO5)[C@H]4C[C@@H]32)CC1. The highest BCUT2D eigenvalue weighted by molar-refractivity contribution is 6.30. The maximum atomic E-state index is 13.0. The number of epoxide rings is 1. The molecule has 32 heavy (non-hydrogen) atoms. The quantitative estimate of drug-likeness (QED) is 0.499. The Hall–Kier alpha value is -1.30. The molecule has 5 fully saturated rings. The van der Waals surface area contributed by atoms with Gasteiger partial charge in [-0.15, -0.1) is 0 Å². The normalized spacial score (nSPS) is 41.3. The predicted octanol–water partition coefficient (Wildman–Crippen LogP) is 4.30. The Kier molecular flexibility index (Phi) is 5.05. The summed E-state index contributed by atoms with van der Waals surface area (Å²) in [6.45, 7) is 10.2. The van der Waals surface area contributed by atoms with E-state index in [2.05, 4.69) is 35.8 Å². The van der Waals surface area contributed by atoms with Crippen LogP contribution in [0.15, 0.2) is 18.2 Å². The zero-order valence-electron chi connectivity index (χ0n) is 19.3. The van der Waals surface area contributed by atoms with E-state index in [1.807, 2.05) is 6.07 Å². The van der Waals surface area contributed by atoms with Gasteiger partial charge in [-0.25, -0.2) is 0 Å². The fourth-order valence-electron chi connectivity index (χ4n) is 7.54. The lowest BCUT2D eigenvalue weighted by Gasteiger charge is -2.51. The summed E-state index contributed by atoms with van der Waals surface area (Å²) < 4.78 is 12.1. The van der Waals surface area contributed by atoms with Crippen molar-refractivity contribution >= 4 is 23.3 Å². The molecule has 1 aromatic carbocycles. The number of ether oxygens (including phenoxy) is 2. The van der Waals surface area contributed by atoms with Crippen LogP contribution >= 0.6 is 11.6 Å². The maximum Gasteiger partial charge on any atom is 0.310 e. The van der Waals surface area contributed by atoms with Crippen molar-refractivity contribution in [3.63, 3.8) is 0 Å². The molecule has 0 N–H and O–H groups in total. The van der Waals surface area contributed by atoms with E-state index in [0.717, 1.165) is 57.2 Å². The summed E-state index contributed by atoms with van der Waals surface area (Å²) >= 11 is 6.24. The van der Waals surface area contributed by atoms with Crippen LogP contribution in [-0.2, 0) is 14.3 Å². The minimum Gasteiger partial charge on any atom is -0.462 e. The van der Waals surface area contributed by atoms with Gasteiger partial charge in [-0.3, -0.25) is 9.69 Å². The Bertz CT molecular complexity index is 910. The van der Waals surface area contributed by atoms with Crippen LogP contribution in [-0.4, -0.2) is 61.9 Å². The van der Waals surface area contributed by atoms with Crippen molar-refractivity contribution in [1.82, 2.24) is 4.90 Å².